The molecule has 220 valence electrons. The van der Waals surface area contributed by atoms with Gasteiger partial charge in [-0.2, -0.15) is 0 Å². The molecule has 1 aliphatic carbocycles. The van der Waals surface area contributed by atoms with E-state index in [4.69, 9.17) is 19.7 Å². The van der Waals surface area contributed by atoms with E-state index in [-0.39, 0.29) is 12.0 Å². The molecule has 0 fully saturated rings. The van der Waals surface area contributed by atoms with Gasteiger partial charge in [0.15, 0.2) is 17.5 Å². The fraction of sp³-hybridized carbons (Fsp3) is 0.0476. The van der Waals surface area contributed by atoms with E-state index in [1.54, 1.807) is 0 Å². The van der Waals surface area contributed by atoms with E-state index in [1.807, 2.05) is 42.7 Å². The average Bonchev–Trinajstić information content (AvgIpc) is 3.50. The van der Waals surface area contributed by atoms with E-state index in [2.05, 4.69) is 108 Å². The fourth-order valence-electron chi connectivity index (χ4n) is 7.14. The van der Waals surface area contributed by atoms with E-state index in [0.717, 1.165) is 44.0 Å². The second-order valence-electron chi connectivity index (χ2n) is 12.3. The molecule has 2 atom stereocenters. The summed E-state index contributed by atoms with van der Waals surface area (Å²) in [7, 11) is 0. The molecule has 0 bridgehead atoms. The molecule has 0 saturated heterocycles. The molecule has 3 heterocycles. The van der Waals surface area contributed by atoms with Crippen LogP contribution in [-0.2, 0) is 0 Å². The number of pyridine rings is 1. The van der Waals surface area contributed by atoms with Crippen LogP contribution in [0.5, 0.6) is 5.75 Å². The maximum atomic E-state index is 6.26. The topological polar surface area (TPSA) is 60.8 Å². The first-order valence-corrected chi connectivity index (χ1v) is 15.9. The Bertz CT molecular complexity index is 2630. The number of hydrogen-bond acceptors (Lipinski definition) is 5. The second kappa shape index (κ2) is 10.2. The average molecular weight is 603 g/mol. The van der Waals surface area contributed by atoms with Crippen molar-refractivity contribution in [2.75, 3.05) is 0 Å². The molecule has 2 aromatic heterocycles. The van der Waals surface area contributed by atoms with E-state index in [0.29, 0.717) is 17.5 Å². The number of fused-ring (bicyclic) bond motifs is 9. The van der Waals surface area contributed by atoms with Crippen LogP contribution >= 0.6 is 0 Å². The minimum Gasteiger partial charge on any atom is -0.485 e. The van der Waals surface area contributed by atoms with Crippen molar-refractivity contribution in [1.82, 2.24) is 19.9 Å². The van der Waals surface area contributed by atoms with Gasteiger partial charge < -0.3 is 4.74 Å². The highest BCUT2D eigenvalue weighted by molar-refractivity contribution is 6.17. The lowest BCUT2D eigenvalue weighted by molar-refractivity contribution is 0.269. The zero-order valence-corrected chi connectivity index (χ0v) is 25.2. The predicted molar refractivity (Wildman–Crippen MR) is 189 cm³/mol. The van der Waals surface area contributed by atoms with Gasteiger partial charge in [0.25, 0.3) is 0 Å². The molecule has 5 heteroatoms. The lowest BCUT2D eigenvalue weighted by Gasteiger charge is -2.14. The van der Waals surface area contributed by atoms with Gasteiger partial charge in [0.1, 0.15) is 11.9 Å². The molecule has 0 N–H and O–H groups in total. The summed E-state index contributed by atoms with van der Waals surface area (Å²) in [6.07, 6.45) is 12.4. The van der Waals surface area contributed by atoms with E-state index in [1.165, 1.54) is 27.1 Å². The quantitative estimate of drug-likeness (QED) is 0.188. The van der Waals surface area contributed by atoms with Gasteiger partial charge >= 0.3 is 0 Å². The standard InChI is InChI=1S/C42H26N4O/c1-2-6-25(7-3-1)40-44-41(28-11-10-26-23-39-37(22-31(26)21-28)36-8-4-5-9-38(36)47-39)46-42(45-40)29-13-15-32-27(20-29)12-16-35-33-18-19-43-24-30(33)14-17-34(32)35/h1-24,36,38H. The van der Waals surface area contributed by atoms with Gasteiger partial charge in [0.2, 0.25) is 0 Å². The van der Waals surface area contributed by atoms with Gasteiger partial charge in [0, 0.05) is 46.0 Å². The SMILES string of the molecule is C1=CC2Oc3cc4ccc(-c5nc(-c6ccccc6)nc(-c6ccc7c(ccc8c9ccncc9ccc78)c6)n5)cc4cc3C2C=C1. The number of allylic oxidation sites excluding steroid dienone is 2. The van der Waals surface area contributed by atoms with Crippen molar-refractivity contribution < 1.29 is 4.74 Å². The van der Waals surface area contributed by atoms with Gasteiger partial charge in [0.05, 0.1) is 0 Å². The fourth-order valence-corrected chi connectivity index (χ4v) is 7.14. The largest absolute Gasteiger partial charge is 0.485 e. The molecule has 2 aliphatic rings. The zero-order chi connectivity index (χ0) is 30.9. The molecule has 1 aliphatic heterocycles. The lowest BCUT2D eigenvalue weighted by Crippen LogP contribution is -2.15. The summed E-state index contributed by atoms with van der Waals surface area (Å²) >= 11 is 0. The van der Waals surface area contributed by atoms with E-state index < -0.39 is 0 Å². The molecule has 0 radical (unpaired) electrons. The second-order valence-corrected chi connectivity index (χ2v) is 12.3. The number of rotatable bonds is 3. The van der Waals surface area contributed by atoms with Gasteiger partial charge in [-0.05, 0) is 74.1 Å². The van der Waals surface area contributed by atoms with Crippen LogP contribution in [0.2, 0.25) is 0 Å². The first-order chi connectivity index (χ1) is 23.2. The Hall–Kier alpha value is -6.20. The monoisotopic (exact) mass is 602 g/mol. The number of aromatic nitrogens is 4. The molecule has 10 rings (SSSR count). The molecule has 0 saturated carbocycles. The molecular weight excluding hydrogens is 576 g/mol. The number of ether oxygens (including phenoxy) is 1. The first-order valence-electron chi connectivity index (χ1n) is 15.9. The maximum absolute atomic E-state index is 6.26. The molecule has 47 heavy (non-hydrogen) atoms. The third-order valence-corrected chi connectivity index (χ3v) is 9.49. The van der Waals surface area contributed by atoms with E-state index in [9.17, 15) is 0 Å². The van der Waals surface area contributed by atoms with Crippen molar-refractivity contribution in [3.8, 4) is 39.9 Å². The molecule has 6 aromatic carbocycles. The molecule has 0 amide bonds. The third-order valence-electron chi connectivity index (χ3n) is 9.49. The van der Waals surface area contributed by atoms with Crippen molar-refractivity contribution in [2.45, 2.75) is 12.0 Å². The van der Waals surface area contributed by atoms with Gasteiger partial charge in [-0.3, -0.25) is 4.98 Å². The van der Waals surface area contributed by atoms with E-state index >= 15 is 0 Å². The van der Waals surface area contributed by atoms with Crippen LogP contribution in [0.25, 0.3) is 77.3 Å². The summed E-state index contributed by atoms with van der Waals surface area (Å²) in [6, 6.07) is 38.3. The Balaban J connectivity index is 1.12. The maximum Gasteiger partial charge on any atom is 0.164 e. The molecule has 2 unspecified atom stereocenters. The van der Waals surface area contributed by atoms with Crippen LogP contribution in [0, 0.1) is 0 Å². The zero-order valence-electron chi connectivity index (χ0n) is 25.2. The van der Waals surface area contributed by atoms with Crippen LogP contribution in [0.15, 0.2) is 146 Å². The van der Waals surface area contributed by atoms with Gasteiger partial charge in [-0.1, -0.05) is 97.1 Å². The Morgan fingerprint density at radius 3 is 1.98 bits per heavy atom. The van der Waals surface area contributed by atoms with Crippen molar-refractivity contribution in [3.05, 3.63) is 151 Å². The summed E-state index contributed by atoms with van der Waals surface area (Å²) in [5.74, 6) is 3.12. The highest BCUT2D eigenvalue weighted by atomic mass is 16.5. The molecule has 5 nitrogen and oxygen atoms in total. The Morgan fingerprint density at radius 1 is 0.489 bits per heavy atom. The number of benzene rings is 6. The Morgan fingerprint density at radius 2 is 1.15 bits per heavy atom. The smallest absolute Gasteiger partial charge is 0.164 e. The van der Waals surface area contributed by atoms with Crippen molar-refractivity contribution >= 4 is 43.1 Å². The molecular formula is C42H26N4O. The number of nitrogens with zero attached hydrogens (tertiary/aromatic N) is 4. The predicted octanol–water partition coefficient (Wildman–Crippen LogP) is 9.85. The first kappa shape index (κ1) is 26.1. The highest BCUT2D eigenvalue weighted by Crippen LogP contribution is 2.43. The molecule has 0 spiro atoms. The minimum atomic E-state index is 0.0578. The summed E-state index contributed by atoms with van der Waals surface area (Å²) in [4.78, 5) is 19.4. The van der Waals surface area contributed by atoms with Crippen molar-refractivity contribution in [1.29, 1.82) is 0 Å². The van der Waals surface area contributed by atoms with Crippen LogP contribution in [0.4, 0.5) is 0 Å². The van der Waals surface area contributed by atoms with Crippen LogP contribution < -0.4 is 4.74 Å². The van der Waals surface area contributed by atoms with Crippen LogP contribution in [0.1, 0.15) is 11.5 Å². The minimum absolute atomic E-state index is 0.0578. The Kier molecular flexibility index (Phi) is 5.63. The lowest BCUT2D eigenvalue weighted by atomic mass is 9.90. The Labute approximate surface area is 270 Å². The third kappa shape index (κ3) is 4.24. The van der Waals surface area contributed by atoms with Crippen molar-refractivity contribution in [2.24, 2.45) is 0 Å². The van der Waals surface area contributed by atoms with Crippen LogP contribution in [-0.4, -0.2) is 26.0 Å². The van der Waals surface area contributed by atoms with Gasteiger partial charge in [-0.15, -0.1) is 0 Å². The molecule has 8 aromatic rings. The van der Waals surface area contributed by atoms with Gasteiger partial charge in [-0.25, -0.2) is 15.0 Å². The highest BCUT2D eigenvalue weighted by Gasteiger charge is 2.32. The summed E-state index contributed by atoms with van der Waals surface area (Å²) in [6.45, 7) is 0. The normalized spacial score (nSPS) is 16.5. The van der Waals surface area contributed by atoms with Crippen molar-refractivity contribution in [3.63, 3.8) is 0 Å². The summed E-state index contributed by atoms with van der Waals surface area (Å²) < 4.78 is 6.26. The summed E-state index contributed by atoms with van der Waals surface area (Å²) in [5, 5.41) is 9.38. The number of hydrogen-bond donors (Lipinski definition) is 0. The summed E-state index contributed by atoms with van der Waals surface area (Å²) in [5.41, 5.74) is 4.06. The van der Waals surface area contributed by atoms with Crippen LogP contribution in [0.3, 0.4) is 0 Å².